The average Bonchev–Trinajstić information content (AvgIpc) is 2.31. The molecule has 0 aliphatic rings. The fraction of sp³-hybridized carbons (Fsp3) is 0.429. The second-order valence-corrected chi connectivity index (χ2v) is 3.81. The van der Waals surface area contributed by atoms with Gasteiger partial charge in [0.25, 0.3) is 0 Å². The topological polar surface area (TPSA) is 21.3 Å². The van der Waals surface area contributed by atoms with Crippen molar-refractivity contribution < 1.29 is 4.74 Å². The van der Waals surface area contributed by atoms with Gasteiger partial charge in [0.05, 0.1) is 6.61 Å². The summed E-state index contributed by atoms with van der Waals surface area (Å²) >= 11 is 0. The number of benzene rings is 1. The minimum atomic E-state index is 0.685. The standard InChI is InChI=1S/C14H21NO/c1-3-4-7-10-15-11-13-8-5-6-9-14(13)12-16-2/h3,5-6,8-9,15H,1,4,7,10-12H2,2H3. The maximum absolute atomic E-state index is 5.17. The first kappa shape index (κ1) is 12.9. The molecule has 88 valence electrons. The zero-order chi connectivity index (χ0) is 11.6. The highest BCUT2D eigenvalue weighted by molar-refractivity contribution is 5.26. The molecule has 0 bridgehead atoms. The number of nitrogens with one attached hydrogen (secondary N) is 1. The van der Waals surface area contributed by atoms with Crippen LogP contribution in [-0.2, 0) is 17.9 Å². The lowest BCUT2D eigenvalue weighted by atomic mass is 10.1. The number of ether oxygens (including phenoxy) is 1. The molecule has 0 saturated heterocycles. The van der Waals surface area contributed by atoms with E-state index in [1.165, 1.54) is 11.1 Å². The van der Waals surface area contributed by atoms with Crippen LogP contribution in [0.5, 0.6) is 0 Å². The van der Waals surface area contributed by atoms with Crippen molar-refractivity contribution in [2.24, 2.45) is 0 Å². The first-order valence-electron chi connectivity index (χ1n) is 5.75. The van der Waals surface area contributed by atoms with E-state index in [2.05, 4.69) is 36.2 Å². The van der Waals surface area contributed by atoms with Gasteiger partial charge in [-0.25, -0.2) is 0 Å². The van der Waals surface area contributed by atoms with Crippen LogP contribution in [0.3, 0.4) is 0 Å². The summed E-state index contributed by atoms with van der Waals surface area (Å²) in [5.74, 6) is 0. The Hall–Kier alpha value is -1.12. The van der Waals surface area contributed by atoms with Gasteiger partial charge >= 0.3 is 0 Å². The first-order valence-corrected chi connectivity index (χ1v) is 5.75. The first-order chi connectivity index (χ1) is 7.88. The zero-order valence-corrected chi connectivity index (χ0v) is 10.0. The SMILES string of the molecule is C=CCCCNCc1ccccc1COC. The third-order valence-corrected chi connectivity index (χ3v) is 2.50. The molecule has 0 saturated carbocycles. The summed E-state index contributed by atoms with van der Waals surface area (Å²) in [6.07, 6.45) is 4.18. The van der Waals surface area contributed by atoms with Crippen molar-refractivity contribution in [3.05, 3.63) is 48.0 Å². The number of unbranched alkanes of at least 4 members (excludes halogenated alkanes) is 1. The van der Waals surface area contributed by atoms with Crippen LogP contribution in [-0.4, -0.2) is 13.7 Å². The van der Waals surface area contributed by atoms with Crippen LogP contribution in [0.4, 0.5) is 0 Å². The Morgan fingerprint density at radius 2 is 2.06 bits per heavy atom. The predicted molar refractivity (Wildman–Crippen MR) is 68.3 cm³/mol. The summed E-state index contributed by atoms with van der Waals surface area (Å²) in [6.45, 7) is 6.34. The molecule has 0 aromatic heterocycles. The van der Waals surface area contributed by atoms with E-state index >= 15 is 0 Å². The molecule has 1 aromatic rings. The molecule has 0 atom stereocenters. The Morgan fingerprint density at radius 3 is 2.75 bits per heavy atom. The van der Waals surface area contributed by atoms with E-state index in [1.54, 1.807) is 7.11 Å². The highest BCUT2D eigenvalue weighted by Crippen LogP contribution is 2.09. The Bertz CT molecular complexity index is 309. The fourth-order valence-electron chi connectivity index (χ4n) is 1.62. The van der Waals surface area contributed by atoms with Crippen molar-refractivity contribution in [2.45, 2.75) is 26.0 Å². The van der Waals surface area contributed by atoms with Crippen LogP contribution in [0.15, 0.2) is 36.9 Å². The average molecular weight is 219 g/mol. The van der Waals surface area contributed by atoms with Crippen molar-refractivity contribution >= 4 is 0 Å². The Kier molecular flexibility index (Phi) is 6.54. The molecule has 16 heavy (non-hydrogen) atoms. The maximum Gasteiger partial charge on any atom is 0.0716 e. The van der Waals surface area contributed by atoms with E-state index in [4.69, 9.17) is 4.74 Å². The molecule has 1 rings (SSSR count). The highest BCUT2D eigenvalue weighted by Gasteiger charge is 1.99. The summed E-state index contributed by atoms with van der Waals surface area (Å²) in [5.41, 5.74) is 2.59. The van der Waals surface area contributed by atoms with Gasteiger partial charge in [0.1, 0.15) is 0 Å². The van der Waals surface area contributed by atoms with E-state index in [0.29, 0.717) is 6.61 Å². The molecule has 0 heterocycles. The highest BCUT2D eigenvalue weighted by atomic mass is 16.5. The lowest BCUT2D eigenvalue weighted by Crippen LogP contribution is -2.15. The van der Waals surface area contributed by atoms with Crippen molar-refractivity contribution in [3.8, 4) is 0 Å². The molecule has 0 aliphatic carbocycles. The normalized spacial score (nSPS) is 10.3. The molecule has 0 amide bonds. The second-order valence-electron chi connectivity index (χ2n) is 3.81. The van der Waals surface area contributed by atoms with Gasteiger partial charge in [-0.3, -0.25) is 0 Å². The molecule has 1 aromatic carbocycles. The molecule has 0 fully saturated rings. The number of methoxy groups -OCH3 is 1. The summed E-state index contributed by atoms with van der Waals surface area (Å²) in [5, 5.41) is 3.43. The van der Waals surface area contributed by atoms with Gasteiger partial charge in [0.15, 0.2) is 0 Å². The van der Waals surface area contributed by atoms with Gasteiger partial charge in [0, 0.05) is 13.7 Å². The molecule has 0 radical (unpaired) electrons. The van der Waals surface area contributed by atoms with Crippen molar-refractivity contribution in [1.29, 1.82) is 0 Å². The third-order valence-electron chi connectivity index (χ3n) is 2.50. The van der Waals surface area contributed by atoms with Gasteiger partial charge in [-0.1, -0.05) is 30.3 Å². The maximum atomic E-state index is 5.17. The molecule has 0 spiro atoms. The number of hydrogen-bond acceptors (Lipinski definition) is 2. The number of rotatable bonds is 8. The second kappa shape index (κ2) is 8.08. The molecule has 1 N–H and O–H groups in total. The number of hydrogen-bond donors (Lipinski definition) is 1. The van der Waals surface area contributed by atoms with Crippen LogP contribution in [0.2, 0.25) is 0 Å². The van der Waals surface area contributed by atoms with Crippen molar-refractivity contribution in [3.63, 3.8) is 0 Å². The molecule has 0 aliphatic heterocycles. The molecule has 2 nitrogen and oxygen atoms in total. The minimum Gasteiger partial charge on any atom is -0.380 e. The summed E-state index contributed by atoms with van der Waals surface area (Å²) in [6, 6.07) is 8.38. The van der Waals surface area contributed by atoms with Gasteiger partial charge in [-0.15, -0.1) is 6.58 Å². The number of allylic oxidation sites excluding steroid dienone is 1. The van der Waals surface area contributed by atoms with E-state index < -0.39 is 0 Å². The van der Waals surface area contributed by atoms with Crippen molar-refractivity contribution in [2.75, 3.05) is 13.7 Å². The van der Waals surface area contributed by atoms with Gasteiger partial charge in [-0.05, 0) is 30.5 Å². The van der Waals surface area contributed by atoms with Gasteiger partial charge < -0.3 is 10.1 Å². The van der Waals surface area contributed by atoms with E-state index in [9.17, 15) is 0 Å². The van der Waals surface area contributed by atoms with E-state index in [0.717, 1.165) is 25.9 Å². The third kappa shape index (κ3) is 4.60. The lowest BCUT2D eigenvalue weighted by molar-refractivity contribution is 0.184. The lowest BCUT2D eigenvalue weighted by Gasteiger charge is -2.09. The van der Waals surface area contributed by atoms with E-state index in [-0.39, 0.29) is 0 Å². The van der Waals surface area contributed by atoms with Gasteiger partial charge in [0.2, 0.25) is 0 Å². The van der Waals surface area contributed by atoms with Crippen LogP contribution in [0, 0.1) is 0 Å². The van der Waals surface area contributed by atoms with Crippen LogP contribution >= 0.6 is 0 Å². The van der Waals surface area contributed by atoms with E-state index in [1.807, 2.05) is 6.08 Å². The molecular weight excluding hydrogens is 198 g/mol. The summed E-state index contributed by atoms with van der Waals surface area (Å²) < 4.78 is 5.17. The molecule has 2 heteroatoms. The largest absolute Gasteiger partial charge is 0.380 e. The predicted octanol–water partition coefficient (Wildman–Crippen LogP) is 2.89. The van der Waals surface area contributed by atoms with Gasteiger partial charge in [-0.2, -0.15) is 0 Å². The van der Waals surface area contributed by atoms with Crippen LogP contribution in [0.25, 0.3) is 0 Å². The molecular formula is C14H21NO. The fourth-order valence-corrected chi connectivity index (χ4v) is 1.62. The Morgan fingerprint density at radius 1 is 1.31 bits per heavy atom. The smallest absolute Gasteiger partial charge is 0.0716 e. The van der Waals surface area contributed by atoms with Crippen molar-refractivity contribution in [1.82, 2.24) is 5.32 Å². The zero-order valence-electron chi connectivity index (χ0n) is 10.0. The summed E-state index contributed by atoms with van der Waals surface area (Å²) in [4.78, 5) is 0. The Balaban J connectivity index is 2.37. The molecule has 0 unspecified atom stereocenters. The monoisotopic (exact) mass is 219 g/mol. The van der Waals surface area contributed by atoms with Crippen LogP contribution < -0.4 is 5.32 Å². The Labute approximate surface area is 98.3 Å². The minimum absolute atomic E-state index is 0.685. The summed E-state index contributed by atoms with van der Waals surface area (Å²) in [7, 11) is 1.73. The quantitative estimate of drug-likeness (QED) is 0.536. The van der Waals surface area contributed by atoms with Crippen LogP contribution in [0.1, 0.15) is 24.0 Å².